The Labute approximate surface area is 142 Å². The van der Waals surface area contributed by atoms with Gasteiger partial charge in [-0.2, -0.15) is 0 Å². The smallest absolute Gasteiger partial charge is 0.197 e. The van der Waals surface area contributed by atoms with Gasteiger partial charge in [0.1, 0.15) is 5.66 Å². The molecule has 2 heterocycles. The zero-order valence-corrected chi connectivity index (χ0v) is 13.8. The van der Waals surface area contributed by atoms with E-state index in [2.05, 4.69) is 39.7 Å². The molecule has 4 N–H and O–H groups in total. The van der Waals surface area contributed by atoms with Crippen molar-refractivity contribution >= 4 is 5.96 Å². The van der Waals surface area contributed by atoms with Crippen LogP contribution in [0.3, 0.4) is 0 Å². The predicted octanol–water partition coefficient (Wildman–Crippen LogP) is 2.15. The highest BCUT2D eigenvalue weighted by molar-refractivity contribution is 5.83. The highest BCUT2D eigenvalue weighted by Crippen LogP contribution is 2.26. The fourth-order valence-corrected chi connectivity index (χ4v) is 2.72. The van der Waals surface area contributed by atoms with Gasteiger partial charge in [0.2, 0.25) is 0 Å². The van der Waals surface area contributed by atoms with Crippen LogP contribution in [0.2, 0.25) is 0 Å². The summed E-state index contributed by atoms with van der Waals surface area (Å²) in [4.78, 5) is 8.88. The quantitative estimate of drug-likeness (QED) is 0.789. The van der Waals surface area contributed by atoms with E-state index in [1.165, 1.54) is 5.56 Å². The number of rotatable bonds is 5. The van der Waals surface area contributed by atoms with E-state index >= 15 is 0 Å². The van der Waals surface area contributed by atoms with Gasteiger partial charge in [0.25, 0.3) is 0 Å². The summed E-state index contributed by atoms with van der Waals surface area (Å²) in [6.45, 7) is 2.76. The molecular formula is C19H23N5. The van der Waals surface area contributed by atoms with Gasteiger partial charge >= 0.3 is 0 Å². The predicted molar refractivity (Wildman–Crippen MR) is 97.4 cm³/mol. The molecule has 1 aromatic carbocycles. The van der Waals surface area contributed by atoms with Gasteiger partial charge in [-0.05, 0) is 23.8 Å². The van der Waals surface area contributed by atoms with Gasteiger partial charge < -0.3 is 16.4 Å². The van der Waals surface area contributed by atoms with Crippen molar-refractivity contribution in [3.05, 3.63) is 78.3 Å². The van der Waals surface area contributed by atoms with Crippen LogP contribution in [0.5, 0.6) is 0 Å². The molecule has 0 spiro atoms. The van der Waals surface area contributed by atoms with Gasteiger partial charge in [-0.3, -0.25) is 9.98 Å². The third-order valence-corrected chi connectivity index (χ3v) is 4.29. The molecule has 1 aliphatic heterocycles. The number of nitrogens with zero attached hydrogens (tertiary/aromatic N) is 2. The summed E-state index contributed by atoms with van der Waals surface area (Å²) >= 11 is 0. The second kappa shape index (κ2) is 7.27. The molecule has 2 unspecified atom stereocenters. The van der Waals surface area contributed by atoms with Crippen LogP contribution in [-0.4, -0.2) is 23.2 Å². The lowest BCUT2D eigenvalue weighted by molar-refractivity contribution is 0.403. The van der Waals surface area contributed by atoms with E-state index in [1.54, 1.807) is 6.20 Å². The van der Waals surface area contributed by atoms with Crippen LogP contribution in [0.4, 0.5) is 0 Å². The first-order chi connectivity index (χ1) is 11.7. The number of pyridine rings is 1. The van der Waals surface area contributed by atoms with Crippen molar-refractivity contribution in [3.8, 4) is 0 Å². The number of aromatic nitrogens is 1. The number of guanidine groups is 1. The van der Waals surface area contributed by atoms with Crippen LogP contribution in [0.15, 0.2) is 72.0 Å². The molecule has 2 aromatic rings. The van der Waals surface area contributed by atoms with Crippen molar-refractivity contribution < 1.29 is 0 Å². The Balaban J connectivity index is 1.66. The Morgan fingerprint density at radius 3 is 2.71 bits per heavy atom. The maximum Gasteiger partial charge on any atom is 0.197 e. The first-order valence-electron chi connectivity index (χ1n) is 8.18. The van der Waals surface area contributed by atoms with E-state index in [9.17, 15) is 0 Å². The van der Waals surface area contributed by atoms with Crippen molar-refractivity contribution in [2.24, 2.45) is 10.7 Å². The summed E-state index contributed by atoms with van der Waals surface area (Å²) in [5.74, 6) is 0.803. The third kappa shape index (κ3) is 3.81. The zero-order valence-electron chi connectivity index (χ0n) is 13.8. The summed E-state index contributed by atoms with van der Waals surface area (Å²) < 4.78 is 0. The average molecular weight is 321 g/mol. The molecule has 2 atom stereocenters. The fourth-order valence-electron chi connectivity index (χ4n) is 2.72. The van der Waals surface area contributed by atoms with Gasteiger partial charge in [-0.15, -0.1) is 0 Å². The van der Waals surface area contributed by atoms with Gasteiger partial charge in [0, 0.05) is 37.0 Å². The van der Waals surface area contributed by atoms with E-state index < -0.39 is 5.66 Å². The molecule has 124 valence electrons. The summed E-state index contributed by atoms with van der Waals surface area (Å²) in [5.41, 5.74) is 8.13. The van der Waals surface area contributed by atoms with Crippen molar-refractivity contribution in [3.63, 3.8) is 0 Å². The maximum absolute atomic E-state index is 6.58. The Hall–Kier alpha value is -2.66. The number of hydrogen-bond acceptors (Lipinski definition) is 3. The molecular weight excluding hydrogens is 298 g/mol. The Morgan fingerprint density at radius 2 is 1.96 bits per heavy atom. The molecule has 5 heteroatoms. The third-order valence-electron chi connectivity index (χ3n) is 4.29. The van der Waals surface area contributed by atoms with Crippen molar-refractivity contribution in [1.82, 2.24) is 15.6 Å². The lowest BCUT2D eigenvalue weighted by Crippen LogP contribution is -2.62. The zero-order chi connectivity index (χ0) is 16.8. The van der Waals surface area contributed by atoms with Gasteiger partial charge in [-0.25, -0.2) is 0 Å². The number of nitrogens with two attached hydrogens (primary N) is 1. The Bertz CT molecular complexity index is 711. The van der Waals surface area contributed by atoms with Crippen molar-refractivity contribution in [2.45, 2.75) is 24.9 Å². The highest BCUT2D eigenvalue weighted by Gasteiger charge is 2.33. The SMILES string of the molecule is CC(c1ccccc1)C1(N)C=CNC(=NCCc2ccccn2)N1. The van der Waals surface area contributed by atoms with Gasteiger partial charge in [0.15, 0.2) is 5.96 Å². The number of aliphatic imine (C=N–C) groups is 1. The van der Waals surface area contributed by atoms with Gasteiger partial charge in [0.05, 0.1) is 0 Å². The minimum Gasteiger partial charge on any atom is -0.334 e. The van der Waals surface area contributed by atoms with Crippen LogP contribution < -0.4 is 16.4 Å². The molecule has 0 saturated carbocycles. The van der Waals surface area contributed by atoms with Crippen LogP contribution >= 0.6 is 0 Å². The molecule has 1 aromatic heterocycles. The van der Waals surface area contributed by atoms with E-state index in [0.29, 0.717) is 12.5 Å². The van der Waals surface area contributed by atoms with Crippen LogP contribution in [0, 0.1) is 0 Å². The van der Waals surface area contributed by atoms with Crippen LogP contribution in [-0.2, 0) is 6.42 Å². The normalized spacial score (nSPS) is 22.7. The van der Waals surface area contributed by atoms with Crippen LogP contribution in [0.1, 0.15) is 24.1 Å². The lowest BCUT2D eigenvalue weighted by atomic mass is 9.87. The minimum absolute atomic E-state index is 0.109. The van der Waals surface area contributed by atoms with Crippen molar-refractivity contribution in [1.29, 1.82) is 0 Å². The second-order valence-electron chi connectivity index (χ2n) is 5.97. The molecule has 24 heavy (non-hydrogen) atoms. The van der Waals surface area contributed by atoms with E-state index in [0.717, 1.165) is 12.1 Å². The summed E-state index contributed by atoms with van der Waals surface area (Å²) in [6.07, 6.45) is 6.40. The number of hydrogen-bond donors (Lipinski definition) is 3. The van der Waals surface area contributed by atoms with Gasteiger partial charge in [-0.1, -0.05) is 43.3 Å². The standard InChI is InChI=1S/C19H23N5/c1-15(16-7-3-2-4-8-16)19(20)11-14-23-18(24-19)22-13-10-17-9-5-6-12-21-17/h2-9,11-12,14-15H,10,13,20H2,1H3,(H2,22,23,24). The maximum atomic E-state index is 6.58. The monoisotopic (exact) mass is 321 g/mol. The molecule has 0 saturated heterocycles. The van der Waals surface area contributed by atoms with Crippen LogP contribution in [0.25, 0.3) is 0 Å². The fraction of sp³-hybridized carbons (Fsp3) is 0.263. The molecule has 0 bridgehead atoms. The summed E-state index contributed by atoms with van der Waals surface area (Å²) in [5, 5.41) is 6.45. The lowest BCUT2D eigenvalue weighted by Gasteiger charge is -2.37. The van der Waals surface area contributed by atoms with E-state index in [1.807, 2.05) is 48.7 Å². The molecule has 0 amide bonds. The molecule has 0 aliphatic carbocycles. The number of nitrogens with one attached hydrogen (secondary N) is 2. The molecule has 0 radical (unpaired) electrons. The largest absolute Gasteiger partial charge is 0.334 e. The van der Waals surface area contributed by atoms with Crippen molar-refractivity contribution in [2.75, 3.05) is 6.54 Å². The Morgan fingerprint density at radius 1 is 1.17 bits per heavy atom. The molecule has 0 fully saturated rings. The number of benzene rings is 1. The molecule has 3 rings (SSSR count). The summed E-state index contributed by atoms with van der Waals surface area (Å²) in [6, 6.07) is 16.2. The minimum atomic E-state index is -0.670. The molecule has 5 nitrogen and oxygen atoms in total. The molecule has 1 aliphatic rings. The average Bonchev–Trinajstić information content (AvgIpc) is 2.63. The van der Waals surface area contributed by atoms with E-state index in [4.69, 9.17) is 5.73 Å². The first kappa shape index (κ1) is 16.2. The Kier molecular flexibility index (Phi) is 4.91. The summed E-state index contributed by atoms with van der Waals surface area (Å²) in [7, 11) is 0. The first-order valence-corrected chi connectivity index (χ1v) is 8.18. The topological polar surface area (TPSA) is 75.3 Å². The second-order valence-corrected chi connectivity index (χ2v) is 5.97. The van der Waals surface area contributed by atoms with E-state index in [-0.39, 0.29) is 5.92 Å². The highest BCUT2D eigenvalue weighted by atomic mass is 15.3.